The molecule has 0 aliphatic rings. The Balaban J connectivity index is 2.44. The number of aliphatic hydroxyl groups excluding tert-OH is 1. The van der Waals surface area contributed by atoms with E-state index in [-0.39, 0.29) is 0 Å². The zero-order chi connectivity index (χ0) is 13.3. The van der Waals surface area contributed by atoms with Crippen molar-refractivity contribution in [2.75, 3.05) is 17.2 Å². The van der Waals surface area contributed by atoms with Gasteiger partial charge in [-0.05, 0) is 30.2 Å². The molecular weight excluding hydrogens is 226 g/mol. The Labute approximate surface area is 106 Å². The van der Waals surface area contributed by atoms with Crippen molar-refractivity contribution in [2.45, 2.75) is 13.0 Å². The second-order valence-corrected chi connectivity index (χ2v) is 4.37. The predicted molar refractivity (Wildman–Crippen MR) is 74.9 cm³/mol. The second-order valence-electron chi connectivity index (χ2n) is 4.37. The van der Waals surface area contributed by atoms with Crippen LogP contribution in [0, 0.1) is 6.92 Å². The average Bonchev–Trinajstić information content (AvgIpc) is 2.35. The molecule has 2 rings (SSSR count). The number of rotatable bonds is 2. The quantitative estimate of drug-likeness (QED) is 0.605. The predicted octanol–water partition coefficient (Wildman–Crippen LogP) is 1.82. The minimum atomic E-state index is -0.823. The van der Waals surface area contributed by atoms with Crippen LogP contribution in [-0.4, -0.2) is 5.11 Å². The van der Waals surface area contributed by atoms with Gasteiger partial charge in [0.05, 0.1) is 11.4 Å². The second kappa shape index (κ2) is 4.58. The molecule has 0 saturated carbocycles. The number of para-hydroxylation sites is 1. The summed E-state index contributed by atoms with van der Waals surface area (Å²) in [5.74, 6) is 0. The van der Waals surface area contributed by atoms with Gasteiger partial charge in [0.25, 0.3) is 0 Å². The van der Waals surface area contributed by atoms with Crippen LogP contribution in [0.4, 0.5) is 17.1 Å². The Hall–Kier alpha value is -2.20. The molecule has 2 aromatic carbocycles. The lowest BCUT2D eigenvalue weighted by molar-refractivity contribution is 0.221. The maximum absolute atomic E-state index is 10.3. The summed E-state index contributed by atoms with van der Waals surface area (Å²) in [6.07, 6.45) is -0.823. The maximum Gasteiger partial charge on any atom is 0.106 e. The van der Waals surface area contributed by atoms with Crippen LogP contribution in [0.5, 0.6) is 0 Å². The third-order valence-electron chi connectivity index (χ3n) is 3.09. The summed E-state index contributed by atoms with van der Waals surface area (Å²) < 4.78 is 0. The normalized spacial score (nSPS) is 12.3. The molecule has 0 saturated heterocycles. The highest BCUT2D eigenvalue weighted by atomic mass is 16.3. The van der Waals surface area contributed by atoms with Crippen molar-refractivity contribution in [3.63, 3.8) is 0 Å². The fraction of sp³-hybridized carbons (Fsp3) is 0.143. The minimum absolute atomic E-state index is 0.407. The highest BCUT2D eigenvalue weighted by Gasteiger charge is 2.15. The van der Waals surface area contributed by atoms with Crippen LogP contribution in [0.3, 0.4) is 0 Å². The lowest BCUT2D eigenvalue weighted by atomic mass is 9.98. The van der Waals surface area contributed by atoms with E-state index in [1.165, 1.54) is 0 Å². The molecule has 1 atom stereocenters. The number of aliphatic hydroxyl groups is 1. The van der Waals surface area contributed by atoms with Gasteiger partial charge in [0.15, 0.2) is 0 Å². The van der Waals surface area contributed by atoms with Crippen molar-refractivity contribution in [3.05, 3.63) is 53.1 Å². The summed E-state index contributed by atoms with van der Waals surface area (Å²) in [6, 6.07) is 10.7. The fourth-order valence-corrected chi connectivity index (χ4v) is 1.85. The molecule has 0 radical (unpaired) electrons. The summed E-state index contributed by atoms with van der Waals surface area (Å²) in [4.78, 5) is 0. The molecule has 0 amide bonds. The van der Waals surface area contributed by atoms with Crippen molar-refractivity contribution in [2.24, 2.45) is 0 Å². The van der Waals surface area contributed by atoms with E-state index in [0.717, 1.165) is 5.56 Å². The smallest absolute Gasteiger partial charge is 0.106 e. The van der Waals surface area contributed by atoms with Crippen molar-refractivity contribution in [3.8, 4) is 0 Å². The van der Waals surface area contributed by atoms with Gasteiger partial charge in [0.1, 0.15) is 6.10 Å². The minimum Gasteiger partial charge on any atom is -0.399 e. The molecule has 94 valence electrons. The number of benzene rings is 2. The van der Waals surface area contributed by atoms with Crippen LogP contribution < -0.4 is 17.2 Å². The molecule has 18 heavy (non-hydrogen) atoms. The van der Waals surface area contributed by atoms with Gasteiger partial charge >= 0.3 is 0 Å². The lowest BCUT2D eigenvalue weighted by Crippen LogP contribution is -2.06. The highest BCUT2D eigenvalue weighted by Crippen LogP contribution is 2.31. The third-order valence-corrected chi connectivity index (χ3v) is 3.09. The van der Waals surface area contributed by atoms with E-state index in [9.17, 15) is 5.11 Å². The molecule has 0 fully saturated rings. The third kappa shape index (κ3) is 2.10. The molecule has 0 spiro atoms. The largest absolute Gasteiger partial charge is 0.399 e. The molecule has 2 aromatic rings. The number of hydrogen-bond acceptors (Lipinski definition) is 4. The monoisotopic (exact) mass is 243 g/mol. The molecule has 7 N–H and O–H groups in total. The Bertz CT molecular complexity index is 581. The van der Waals surface area contributed by atoms with E-state index in [0.29, 0.717) is 28.2 Å². The van der Waals surface area contributed by atoms with Crippen molar-refractivity contribution < 1.29 is 5.11 Å². The van der Waals surface area contributed by atoms with Gasteiger partial charge in [-0.3, -0.25) is 0 Å². The molecule has 4 nitrogen and oxygen atoms in total. The van der Waals surface area contributed by atoms with Crippen LogP contribution in [0.2, 0.25) is 0 Å². The molecule has 0 aromatic heterocycles. The SMILES string of the molecule is Cc1ccc(C(O)c2cccc(N)c2N)cc1N. The molecule has 0 aliphatic heterocycles. The Morgan fingerprint density at radius 3 is 2.39 bits per heavy atom. The van der Waals surface area contributed by atoms with Crippen LogP contribution in [0.1, 0.15) is 22.8 Å². The first-order chi connectivity index (χ1) is 8.50. The number of aryl methyl sites for hydroxylation is 1. The van der Waals surface area contributed by atoms with Crippen molar-refractivity contribution in [1.29, 1.82) is 0 Å². The van der Waals surface area contributed by atoms with Crippen LogP contribution in [0.15, 0.2) is 36.4 Å². The summed E-state index contributed by atoms with van der Waals surface area (Å²) >= 11 is 0. The van der Waals surface area contributed by atoms with E-state index >= 15 is 0 Å². The van der Waals surface area contributed by atoms with E-state index < -0.39 is 6.10 Å². The van der Waals surface area contributed by atoms with E-state index in [1.807, 2.05) is 19.1 Å². The van der Waals surface area contributed by atoms with E-state index in [2.05, 4.69) is 0 Å². The standard InChI is InChI=1S/C14H17N3O/c1-8-5-6-9(7-12(8)16)14(18)10-3-2-4-11(15)13(10)17/h2-7,14,18H,15-17H2,1H3. The summed E-state index contributed by atoms with van der Waals surface area (Å²) in [5.41, 5.74) is 21.2. The number of hydrogen-bond donors (Lipinski definition) is 4. The Morgan fingerprint density at radius 2 is 1.72 bits per heavy atom. The zero-order valence-electron chi connectivity index (χ0n) is 10.2. The van der Waals surface area contributed by atoms with Crippen LogP contribution in [-0.2, 0) is 0 Å². The summed E-state index contributed by atoms with van der Waals surface area (Å²) in [5, 5.41) is 10.3. The molecule has 0 bridgehead atoms. The van der Waals surface area contributed by atoms with Gasteiger partial charge in [-0.25, -0.2) is 0 Å². The van der Waals surface area contributed by atoms with Crippen molar-refractivity contribution in [1.82, 2.24) is 0 Å². The lowest BCUT2D eigenvalue weighted by Gasteiger charge is -2.16. The summed E-state index contributed by atoms with van der Waals surface area (Å²) in [7, 11) is 0. The summed E-state index contributed by atoms with van der Waals surface area (Å²) in [6.45, 7) is 1.92. The number of nitrogen functional groups attached to an aromatic ring is 3. The first-order valence-electron chi connectivity index (χ1n) is 5.68. The van der Waals surface area contributed by atoms with E-state index in [1.54, 1.807) is 24.3 Å². The first-order valence-corrected chi connectivity index (χ1v) is 5.68. The van der Waals surface area contributed by atoms with Crippen LogP contribution in [0.25, 0.3) is 0 Å². The van der Waals surface area contributed by atoms with Gasteiger partial charge in [-0.15, -0.1) is 0 Å². The Morgan fingerprint density at radius 1 is 1.00 bits per heavy atom. The van der Waals surface area contributed by atoms with Gasteiger partial charge in [0, 0.05) is 11.3 Å². The number of nitrogens with two attached hydrogens (primary N) is 3. The number of anilines is 3. The van der Waals surface area contributed by atoms with Crippen molar-refractivity contribution >= 4 is 17.1 Å². The maximum atomic E-state index is 10.3. The first kappa shape index (κ1) is 12.3. The van der Waals surface area contributed by atoms with Crippen LogP contribution >= 0.6 is 0 Å². The van der Waals surface area contributed by atoms with Gasteiger partial charge in [0.2, 0.25) is 0 Å². The highest BCUT2D eigenvalue weighted by molar-refractivity contribution is 5.68. The van der Waals surface area contributed by atoms with E-state index in [4.69, 9.17) is 17.2 Å². The van der Waals surface area contributed by atoms with Gasteiger partial charge in [-0.2, -0.15) is 0 Å². The zero-order valence-corrected chi connectivity index (χ0v) is 10.2. The Kier molecular flexibility index (Phi) is 3.12. The molecular formula is C14H17N3O. The molecule has 0 heterocycles. The average molecular weight is 243 g/mol. The fourth-order valence-electron chi connectivity index (χ4n) is 1.85. The topological polar surface area (TPSA) is 98.3 Å². The molecule has 4 heteroatoms. The van der Waals surface area contributed by atoms with Gasteiger partial charge < -0.3 is 22.3 Å². The molecule has 1 unspecified atom stereocenters. The van der Waals surface area contributed by atoms with Gasteiger partial charge in [-0.1, -0.05) is 24.3 Å². The molecule has 0 aliphatic carbocycles.